The highest BCUT2D eigenvalue weighted by Crippen LogP contribution is 2.34. The van der Waals surface area contributed by atoms with Crippen molar-refractivity contribution in [2.45, 2.75) is 20.3 Å². The molecule has 0 radical (unpaired) electrons. The number of ether oxygens (including phenoxy) is 3. The molecule has 1 N–H and O–H groups in total. The van der Waals surface area contributed by atoms with Crippen molar-refractivity contribution in [3.63, 3.8) is 0 Å². The Morgan fingerprint density at radius 3 is 2.43 bits per heavy atom. The van der Waals surface area contributed by atoms with Crippen LogP contribution in [0.4, 0.5) is 5.00 Å². The first-order valence-corrected chi connectivity index (χ1v) is 9.59. The molecule has 0 aliphatic heterocycles. The zero-order valence-corrected chi connectivity index (χ0v) is 16.9. The fourth-order valence-corrected chi connectivity index (χ4v) is 3.62. The lowest BCUT2D eigenvalue weighted by Gasteiger charge is -2.06. The normalized spacial score (nSPS) is 10.4. The van der Waals surface area contributed by atoms with Gasteiger partial charge in [0.25, 0.3) is 5.91 Å². The summed E-state index contributed by atoms with van der Waals surface area (Å²) in [6.07, 6.45) is 0.583. The second kappa shape index (κ2) is 10.6. The van der Waals surface area contributed by atoms with Crippen LogP contribution >= 0.6 is 11.3 Å². The van der Waals surface area contributed by atoms with E-state index in [9.17, 15) is 14.4 Å². The lowest BCUT2D eigenvalue weighted by atomic mass is 10.1. The van der Waals surface area contributed by atoms with Crippen molar-refractivity contribution >= 4 is 34.2 Å². The number of rotatable bonds is 9. The highest BCUT2D eigenvalue weighted by molar-refractivity contribution is 7.18. The number of nitrogens with one attached hydrogen (secondary N) is 1. The molecule has 1 aromatic carbocycles. The van der Waals surface area contributed by atoms with Crippen LogP contribution in [0.15, 0.2) is 30.3 Å². The number of hydrogen-bond donors (Lipinski definition) is 1. The van der Waals surface area contributed by atoms with Gasteiger partial charge in [0, 0.05) is 13.5 Å². The molecule has 28 heavy (non-hydrogen) atoms. The Kier molecular flexibility index (Phi) is 8.16. The van der Waals surface area contributed by atoms with Gasteiger partial charge in [-0.3, -0.25) is 4.79 Å². The third-order valence-electron chi connectivity index (χ3n) is 3.81. The Labute approximate surface area is 167 Å². The van der Waals surface area contributed by atoms with E-state index in [0.29, 0.717) is 12.0 Å². The minimum Gasteiger partial charge on any atom is -0.462 e. The van der Waals surface area contributed by atoms with Crippen LogP contribution in [0.25, 0.3) is 0 Å². The van der Waals surface area contributed by atoms with Crippen molar-refractivity contribution < 1.29 is 28.6 Å². The minimum atomic E-state index is -0.604. The van der Waals surface area contributed by atoms with E-state index in [2.05, 4.69) is 5.32 Å². The second-order valence-corrected chi connectivity index (χ2v) is 6.85. The Morgan fingerprint density at radius 2 is 1.79 bits per heavy atom. The molecule has 150 valence electrons. The van der Waals surface area contributed by atoms with Crippen molar-refractivity contribution in [3.8, 4) is 0 Å². The third-order valence-corrected chi connectivity index (χ3v) is 4.99. The molecule has 8 heteroatoms. The molecule has 1 heterocycles. The molecule has 0 atom stereocenters. The van der Waals surface area contributed by atoms with E-state index in [0.717, 1.165) is 16.9 Å². The van der Waals surface area contributed by atoms with Crippen molar-refractivity contribution in [1.29, 1.82) is 0 Å². The number of carbonyl (C=O) groups is 3. The molecule has 0 spiro atoms. The monoisotopic (exact) mass is 405 g/mol. The van der Waals surface area contributed by atoms with Gasteiger partial charge < -0.3 is 19.5 Å². The molecule has 0 saturated heterocycles. The topological polar surface area (TPSA) is 90.9 Å². The van der Waals surface area contributed by atoms with Crippen molar-refractivity contribution in [2.75, 3.05) is 32.2 Å². The van der Waals surface area contributed by atoms with Gasteiger partial charge in [-0.25, -0.2) is 9.59 Å². The molecule has 0 unspecified atom stereocenters. The first-order chi connectivity index (χ1) is 13.5. The Bertz CT molecular complexity index is 831. The van der Waals surface area contributed by atoms with Gasteiger partial charge >= 0.3 is 11.9 Å². The number of hydrogen-bond acceptors (Lipinski definition) is 7. The SMILES string of the molecule is CCOC(=O)c1c(NC(=O)COC)sc(C(=O)OCCc2ccccc2)c1C. The highest BCUT2D eigenvalue weighted by atomic mass is 32.1. The molecular formula is C20H23NO6S. The average molecular weight is 405 g/mol. The van der Waals surface area contributed by atoms with Crippen LogP contribution in [0.1, 0.15) is 38.1 Å². The highest BCUT2D eigenvalue weighted by Gasteiger charge is 2.27. The van der Waals surface area contributed by atoms with Crippen LogP contribution in [0.5, 0.6) is 0 Å². The summed E-state index contributed by atoms with van der Waals surface area (Å²) < 4.78 is 15.2. The van der Waals surface area contributed by atoms with Gasteiger partial charge in [0.15, 0.2) is 0 Å². The number of anilines is 1. The maximum Gasteiger partial charge on any atom is 0.348 e. The van der Waals surface area contributed by atoms with Crippen molar-refractivity contribution in [1.82, 2.24) is 0 Å². The van der Waals surface area contributed by atoms with E-state index in [4.69, 9.17) is 14.2 Å². The smallest absolute Gasteiger partial charge is 0.348 e. The maximum absolute atomic E-state index is 12.5. The lowest BCUT2D eigenvalue weighted by molar-refractivity contribution is -0.119. The standard InChI is InChI=1S/C20H23NO6S/c1-4-26-19(23)16-13(2)17(28-18(16)21-15(22)12-25-3)20(24)27-11-10-14-8-6-5-7-9-14/h5-9H,4,10-12H2,1-3H3,(H,21,22). The summed E-state index contributed by atoms with van der Waals surface area (Å²) in [4.78, 5) is 36.9. The summed E-state index contributed by atoms with van der Waals surface area (Å²) in [6.45, 7) is 3.52. The molecule has 0 aliphatic carbocycles. The quantitative estimate of drug-likeness (QED) is 0.644. The molecule has 1 aromatic heterocycles. The van der Waals surface area contributed by atoms with Gasteiger partial charge in [0.05, 0.1) is 18.8 Å². The van der Waals surface area contributed by atoms with E-state index in [1.165, 1.54) is 7.11 Å². The van der Waals surface area contributed by atoms with Gasteiger partial charge in [-0.15, -0.1) is 11.3 Å². The zero-order valence-electron chi connectivity index (χ0n) is 16.1. The van der Waals surface area contributed by atoms with Crippen LogP contribution in [-0.4, -0.2) is 44.8 Å². The number of methoxy groups -OCH3 is 1. The zero-order chi connectivity index (χ0) is 20.5. The number of thiophene rings is 1. The largest absolute Gasteiger partial charge is 0.462 e. The molecule has 0 aliphatic rings. The third kappa shape index (κ3) is 5.64. The van der Waals surface area contributed by atoms with Gasteiger partial charge in [-0.1, -0.05) is 30.3 Å². The van der Waals surface area contributed by atoms with Gasteiger partial charge in [0.1, 0.15) is 16.5 Å². The lowest BCUT2D eigenvalue weighted by Crippen LogP contribution is -2.18. The van der Waals surface area contributed by atoms with Crippen LogP contribution in [-0.2, 0) is 25.4 Å². The van der Waals surface area contributed by atoms with Crippen molar-refractivity contribution in [3.05, 3.63) is 51.9 Å². The number of carbonyl (C=O) groups excluding carboxylic acids is 3. The van der Waals surface area contributed by atoms with E-state index in [1.54, 1.807) is 13.8 Å². The van der Waals surface area contributed by atoms with Gasteiger partial charge in [-0.05, 0) is 25.0 Å². The van der Waals surface area contributed by atoms with Crippen molar-refractivity contribution in [2.24, 2.45) is 0 Å². The van der Waals surface area contributed by atoms with E-state index in [1.807, 2.05) is 30.3 Å². The van der Waals surface area contributed by atoms with Gasteiger partial charge in [-0.2, -0.15) is 0 Å². The molecular weight excluding hydrogens is 382 g/mol. The predicted molar refractivity (Wildman–Crippen MR) is 106 cm³/mol. The fraction of sp³-hybridized carbons (Fsp3) is 0.350. The van der Waals surface area contributed by atoms with E-state index < -0.39 is 17.8 Å². The molecule has 2 aromatic rings. The minimum absolute atomic E-state index is 0.159. The van der Waals surface area contributed by atoms with Crippen LogP contribution in [0, 0.1) is 6.92 Å². The molecule has 0 fully saturated rings. The van der Waals surface area contributed by atoms with E-state index >= 15 is 0 Å². The summed E-state index contributed by atoms with van der Waals surface area (Å²) in [7, 11) is 1.39. The summed E-state index contributed by atoms with van der Waals surface area (Å²) in [6, 6.07) is 9.65. The summed E-state index contributed by atoms with van der Waals surface area (Å²) in [5, 5.41) is 2.84. The Hall–Kier alpha value is -2.71. The first-order valence-electron chi connectivity index (χ1n) is 8.78. The van der Waals surface area contributed by atoms with Crippen LogP contribution in [0.2, 0.25) is 0 Å². The van der Waals surface area contributed by atoms with Crippen LogP contribution in [0.3, 0.4) is 0 Å². The molecule has 1 amide bonds. The fourth-order valence-electron chi connectivity index (χ4n) is 2.51. The number of amides is 1. The van der Waals surface area contributed by atoms with Gasteiger partial charge in [0.2, 0.25) is 0 Å². The van der Waals surface area contributed by atoms with Crippen LogP contribution < -0.4 is 5.32 Å². The number of esters is 2. The molecule has 2 rings (SSSR count). The average Bonchev–Trinajstić information content (AvgIpc) is 2.99. The molecule has 0 saturated carbocycles. The summed E-state index contributed by atoms with van der Waals surface area (Å²) >= 11 is 0.986. The Balaban J connectivity index is 2.16. The summed E-state index contributed by atoms with van der Waals surface area (Å²) in [5.41, 5.74) is 1.63. The summed E-state index contributed by atoms with van der Waals surface area (Å²) in [5.74, 6) is -1.58. The first kappa shape index (κ1) is 21.6. The molecule has 7 nitrogen and oxygen atoms in total. The maximum atomic E-state index is 12.5. The Morgan fingerprint density at radius 1 is 1.07 bits per heavy atom. The predicted octanol–water partition coefficient (Wildman–Crippen LogP) is 3.22. The molecule has 0 bridgehead atoms. The number of benzene rings is 1. The second-order valence-electron chi connectivity index (χ2n) is 5.83. The van der Waals surface area contributed by atoms with E-state index in [-0.39, 0.29) is 35.3 Å².